The highest BCUT2D eigenvalue weighted by Crippen LogP contribution is 2.26. The lowest BCUT2D eigenvalue weighted by Gasteiger charge is -2.12. The van der Waals surface area contributed by atoms with Crippen molar-refractivity contribution < 1.29 is 4.39 Å². The molecule has 0 bridgehead atoms. The Balaban J connectivity index is 2.73. The van der Waals surface area contributed by atoms with Crippen LogP contribution in [0.4, 0.5) is 10.2 Å². The van der Waals surface area contributed by atoms with Crippen molar-refractivity contribution in [2.75, 3.05) is 5.32 Å². The molecule has 90 valence electrons. The number of anilines is 1. The fraction of sp³-hybridized carbons (Fsp3) is 0.333. The van der Waals surface area contributed by atoms with Crippen LogP contribution >= 0.6 is 11.6 Å². The Morgan fingerprint density at radius 3 is 2.65 bits per heavy atom. The van der Waals surface area contributed by atoms with Crippen molar-refractivity contribution in [2.24, 2.45) is 0 Å². The molecule has 1 aromatic carbocycles. The summed E-state index contributed by atoms with van der Waals surface area (Å²) in [6.07, 6.45) is 0. The van der Waals surface area contributed by atoms with Crippen LogP contribution in [0.15, 0.2) is 12.1 Å². The molecule has 0 aliphatic heterocycles. The molecule has 2 aromatic rings. The second-order valence-electron chi connectivity index (χ2n) is 4.26. The zero-order valence-corrected chi connectivity index (χ0v) is 10.6. The van der Waals surface area contributed by atoms with Crippen molar-refractivity contribution in [3.63, 3.8) is 0 Å². The highest BCUT2D eigenvalue weighted by atomic mass is 35.5. The largest absolute Gasteiger partial charge is 0.367 e. The van der Waals surface area contributed by atoms with Crippen molar-refractivity contribution in [3.8, 4) is 0 Å². The number of fused-ring (bicyclic) bond motifs is 1. The molecule has 0 spiro atoms. The first-order valence-electron chi connectivity index (χ1n) is 5.37. The predicted molar refractivity (Wildman–Crippen MR) is 68.0 cm³/mol. The van der Waals surface area contributed by atoms with E-state index in [0.29, 0.717) is 16.7 Å². The third-order valence-electron chi connectivity index (χ3n) is 2.35. The van der Waals surface area contributed by atoms with Crippen molar-refractivity contribution >= 4 is 28.3 Å². The summed E-state index contributed by atoms with van der Waals surface area (Å²) in [4.78, 5) is 8.23. The van der Waals surface area contributed by atoms with Gasteiger partial charge in [0.25, 0.3) is 0 Å². The van der Waals surface area contributed by atoms with E-state index in [2.05, 4.69) is 15.3 Å². The summed E-state index contributed by atoms with van der Waals surface area (Å²) in [5.74, 6) is 0.269. The lowest BCUT2D eigenvalue weighted by atomic mass is 10.1. The Labute approximate surface area is 104 Å². The molecule has 0 saturated heterocycles. The van der Waals surface area contributed by atoms with Gasteiger partial charge in [-0.1, -0.05) is 0 Å². The number of benzene rings is 1. The molecule has 0 unspecified atom stereocenters. The van der Waals surface area contributed by atoms with E-state index >= 15 is 0 Å². The van der Waals surface area contributed by atoms with E-state index in [1.54, 1.807) is 6.92 Å². The Morgan fingerprint density at radius 1 is 1.29 bits per heavy atom. The quantitative estimate of drug-likeness (QED) is 0.832. The van der Waals surface area contributed by atoms with Crippen molar-refractivity contribution in [3.05, 3.63) is 28.8 Å². The summed E-state index contributed by atoms with van der Waals surface area (Å²) in [7, 11) is 0. The van der Waals surface area contributed by atoms with Gasteiger partial charge in [0.1, 0.15) is 11.6 Å². The van der Waals surface area contributed by atoms with Crippen LogP contribution in [0.3, 0.4) is 0 Å². The monoisotopic (exact) mass is 253 g/mol. The molecule has 2 rings (SSSR count). The van der Waals surface area contributed by atoms with Gasteiger partial charge in [0.05, 0.1) is 5.52 Å². The number of nitrogens with zero attached hydrogens (tertiary/aromatic N) is 2. The Kier molecular flexibility index (Phi) is 3.15. The molecule has 5 heteroatoms. The first kappa shape index (κ1) is 12.0. The molecule has 17 heavy (non-hydrogen) atoms. The van der Waals surface area contributed by atoms with Crippen LogP contribution in [0.25, 0.3) is 10.9 Å². The molecule has 3 nitrogen and oxygen atoms in total. The molecule has 1 N–H and O–H groups in total. The van der Waals surface area contributed by atoms with E-state index in [1.807, 2.05) is 13.8 Å². The minimum Gasteiger partial charge on any atom is -0.367 e. The minimum absolute atomic E-state index is 0.162. The maximum absolute atomic E-state index is 13.4. The third-order valence-corrected chi connectivity index (χ3v) is 2.52. The third kappa shape index (κ3) is 2.47. The summed E-state index contributed by atoms with van der Waals surface area (Å²) in [6.45, 7) is 5.76. The fourth-order valence-electron chi connectivity index (χ4n) is 1.72. The van der Waals surface area contributed by atoms with E-state index in [9.17, 15) is 4.39 Å². The Bertz CT molecular complexity index is 569. The van der Waals surface area contributed by atoms with E-state index in [4.69, 9.17) is 11.6 Å². The molecular formula is C12H13ClFN3. The van der Waals surface area contributed by atoms with Crippen LogP contribution in [0.2, 0.25) is 5.28 Å². The maximum Gasteiger partial charge on any atom is 0.224 e. The zero-order chi connectivity index (χ0) is 12.6. The minimum atomic E-state index is -0.298. The number of aryl methyl sites for hydroxylation is 1. The molecule has 1 heterocycles. The highest BCUT2D eigenvalue weighted by Gasteiger charge is 2.11. The van der Waals surface area contributed by atoms with Gasteiger partial charge in [0.2, 0.25) is 5.28 Å². The van der Waals surface area contributed by atoms with Gasteiger partial charge in [0.15, 0.2) is 0 Å². The van der Waals surface area contributed by atoms with E-state index < -0.39 is 0 Å². The number of hydrogen-bond acceptors (Lipinski definition) is 3. The Morgan fingerprint density at radius 2 is 2.00 bits per heavy atom. The van der Waals surface area contributed by atoms with Gasteiger partial charge in [-0.15, -0.1) is 0 Å². The van der Waals surface area contributed by atoms with E-state index in [1.165, 1.54) is 12.1 Å². The molecular weight excluding hydrogens is 241 g/mol. The lowest BCUT2D eigenvalue weighted by Crippen LogP contribution is -2.12. The Hall–Kier alpha value is -1.42. The molecule has 1 aromatic heterocycles. The summed E-state index contributed by atoms with van der Waals surface area (Å²) in [5, 5.41) is 3.96. The molecule has 0 aliphatic carbocycles. The van der Waals surface area contributed by atoms with Gasteiger partial charge in [-0.3, -0.25) is 0 Å². The number of nitrogens with one attached hydrogen (secondary N) is 1. The normalized spacial score (nSPS) is 11.2. The van der Waals surface area contributed by atoms with Gasteiger partial charge < -0.3 is 5.32 Å². The summed E-state index contributed by atoms with van der Waals surface area (Å²) >= 11 is 5.86. The lowest BCUT2D eigenvalue weighted by molar-refractivity contribution is 0.628. The molecule has 0 radical (unpaired) electrons. The molecule has 0 atom stereocenters. The average molecular weight is 254 g/mol. The van der Waals surface area contributed by atoms with Gasteiger partial charge in [-0.25, -0.2) is 14.4 Å². The van der Waals surface area contributed by atoms with Crippen molar-refractivity contribution in [1.82, 2.24) is 9.97 Å². The van der Waals surface area contributed by atoms with Crippen LogP contribution < -0.4 is 5.32 Å². The first-order valence-corrected chi connectivity index (χ1v) is 5.75. The second-order valence-corrected chi connectivity index (χ2v) is 4.60. The van der Waals surface area contributed by atoms with Crippen LogP contribution in [0.1, 0.15) is 19.4 Å². The smallest absolute Gasteiger partial charge is 0.224 e. The maximum atomic E-state index is 13.4. The molecule has 0 saturated carbocycles. The van der Waals surface area contributed by atoms with Crippen LogP contribution in [-0.4, -0.2) is 16.0 Å². The number of rotatable bonds is 2. The summed E-state index contributed by atoms with van der Waals surface area (Å²) in [6, 6.07) is 3.04. The van der Waals surface area contributed by atoms with E-state index in [0.717, 1.165) is 5.56 Å². The molecule has 0 amide bonds. The topological polar surface area (TPSA) is 37.8 Å². The standard InChI is InChI=1S/C12H13ClFN3/c1-6(2)15-11-9-5-8(14)4-7(3)10(9)16-12(13)17-11/h4-6H,1-3H3,(H,15,16,17). The summed E-state index contributed by atoms with van der Waals surface area (Å²) in [5.41, 5.74) is 1.42. The van der Waals surface area contributed by atoms with Crippen LogP contribution in [-0.2, 0) is 0 Å². The van der Waals surface area contributed by atoms with Gasteiger partial charge in [-0.2, -0.15) is 0 Å². The van der Waals surface area contributed by atoms with Gasteiger partial charge >= 0.3 is 0 Å². The number of halogens is 2. The fourth-order valence-corrected chi connectivity index (χ4v) is 1.89. The van der Waals surface area contributed by atoms with Crippen molar-refractivity contribution in [1.29, 1.82) is 0 Å². The highest BCUT2D eigenvalue weighted by molar-refractivity contribution is 6.28. The van der Waals surface area contributed by atoms with Gasteiger partial charge in [-0.05, 0) is 50.1 Å². The molecule has 0 aliphatic rings. The SMILES string of the molecule is Cc1cc(F)cc2c(NC(C)C)nc(Cl)nc12. The average Bonchev–Trinajstić information content (AvgIpc) is 2.19. The van der Waals surface area contributed by atoms with Crippen molar-refractivity contribution in [2.45, 2.75) is 26.8 Å². The van der Waals surface area contributed by atoms with Gasteiger partial charge in [0, 0.05) is 11.4 Å². The summed E-state index contributed by atoms with van der Waals surface area (Å²) < 4.78 is 13.4. The second kappa shape index (κ2) is 4.45. The number of hydrogen-bond donors (Lipinski definition) is 1. The van der Waals surface area contributed by atoms with Crippen LogP contribution in [0.5, 0.6) is 0 Å². The molecule has 0 fully saturated rings. The predicted octanol–water partition coefficient (Wildman–Crippen LogP) is 3.55. The zero-order valence-electron chi connectivity index (χ0n) is 9.88. The number of aromatic nitrogens is 2. The van der Waals surface area contributed by atoms with E-state index in [-0.39, 0.29) is 17.1 Å². The first-order chi connectivity index (χ1) is 7.97. The van der Waals surface area contributed by atoms with Crippen LogP contribution in [0, 0.1) is 12.7 Å².